The Kier molecular flexibility index (Phi) is 9.75. The Morgan fingerprint density at radius 3 is 2.58 bits per heavy atom. The standard InChI is InChI=1S/C17H29ClN4O3S/c1-5-26(23,24)22(3)12-6-10-20-17(19-2)21-11-9-14-7-8-15(25-4)13-16(14)18/h7-8,13H,5-6,9-12H2,1-4H3,(H2,19,20,21). The van der Waals surface area contributed by atoms with Crippen LogP contribution in [0.25, 0.3) is 0 Å². The molecular weight excluding hydrogens is 376 g/mol. The molecule has 0 saturated carbocycles. The van der Waals surface area contributed by atoms with E-state index in [4.69, 9.17) is 16.3 Å². The number of hydrogen-bond donors (Lipinski definition) is 2. The Morgan fingerprint density at radius 1 is 1.31 bits per heavy atom. The normalized spacial score (nSPS) is 12.3. The largest absolute Gasteiger partial charge is 0.497 e. The van der Waals surface area contributed by atoms with Gasteiger partial charge in [0.05, 0.1) is 12.9 Å². The highest BCUT2D eigenvalue weighted by molar-refractivity contribution is 7.89. The van der Waals surface area contributed by atoms with E-state index in [9.17, 15) is 8.42 Å². The van der Waals surface area contributed by atoms with Gasteiger partial charge in [0, 0.05) is 38.8 Å². The van der Waals surface area contributed by atoms with E-state index in [0.29, 0.717) is 37.0 Å². The Balaban J connectivity index is 2.33. The fourth-order valence-corrected chi connectivity index (χ4v) is 3.37. The van der Waals surface area contributed by atoms with Crippen LogP contribution in [0.4, 0.5) is 0 Å². The van der Waals surface area contributed by atoms with Gasteiger partial charge >= 0.3 is 0 Å². The van der Waals surface area contributed by atoms with Gasteiger partial charge in [-0.25, -0.2) is 12.7 Å². The smallest absolute Gasteiger partial charge is 0.213 e. The second kappa shape index (κ2) is 11.3. The molecule has 1 aromatic carbocycles. The number of hydrogen-bond acceptors (Lipinski definition) is 4. The molecule has 148 valence electrons. The number of methoxy groups -OCH3 is 1. The highest BCUT2D eigenvalue weighted by atomic mass is 35.5. The quantitative estimate of drug-likeness (QED) is 0.352. The molecule has 0 aromatic heterocycles. The summed E-state index contributed by atoms with van der Waals surface area (Å²) < 4.78 is 29.9. The van der Waals surface area contributed by atoms with Crippen molar-refractivity contribution in [2.45, 2.75) is 19.8 Å². The van der Waals surface area contributed by atoms with E-state index < -0.39 is 10.0 Å². The van der Waals surface area contributed by atoms with E-state index in [1.807, 2.05) is 12.1 Å². The third-order valence-corrected chi connectivity index (χ3v) is 6.17. The summed E-state index contributed by atoms with van der Waals surface area (Å²) in [4.78, 5) is 4.16. The summed E-state index contributed by atoms with van der Waals surface area (Å²) in [6.45, 7) is 3.43. The Hall–Kier alpha value is -1.51. The second-order valence-corrected chi connectivity index (χ2v) is 8.48. The minimum Gasteiger partial charge on any atom is -0.497 e. The molecule has 0 bridgehead atoms. The lowest BCUT2D eigenvalue weighted by atomic mass is 10.1. The number of benzene rings is 1. The molecule has 1 aromatic rings. The Bertz CT molecular complexity index is 695. The van der Waals surface area contributed by atoms with Crippen molar-refractivity contribution in [2.24, 2.45) is 4.99 Å². The van der Waals surface area contributed by atoms with Gasteiger partial charge in [0.2, 0.25) is 10.0 Å². The fourth-order valence-electron chi connectivity index (χ4n) is 2.26. The predicted octanol–water partition coefficient (Wildman–Crippen LogP) is 1.73. The molecule has 0 saturated heterocycles. The van der Waals surface area contributed by atoms with Crippen LogP contribution in [0.5, 0.6) is 5.75 Å². The topological polar surface area (TPSA) is 83.0 Å². The van der Waals surface area contributed by atoms with E-state index in [2.05, 4.69) is 15.6 Å². The maximum absolute atomic E-state index is 11.7. The van der Waals surface area contributed by atoms with Crippen molar-refractivity contribution < 1.29 is 13.2 Å². The summed E-state index contributed by atoms with van der Waals surface area (Å²) in [5.41, 5.74) is 1.03. The van der Waals surface area contributed by atoms with E-state index in [1.54, 1.807) is 34.2 Å². The van der Waals surface area contributed by atoms with E-state index >= 15 is 0 Å². The molecule has 0 aliphatic rings. The van der Waals surface area contributed by atoms with Gasteiger partial charge in [0.15, 0.2) is 5.96 Å². The van der Waals surface area contributed by atoms with Gasteiger partial charge < -0.3 is 15.4 Å². The molecule has 0 aliphatic carbocycles. The molecule has 0 heterocycles. The van der Waals surface area contributed by atoms with Gasteiger partial charge in [-0.05, 0) is 37.5 Å². The summed E-state index contributed by atoms with van der Waals surface area (Å²) in [5.74, 6) is 1.53. The van der Waals surface area contributed by atoms with Crippen LogP contribution in [0.1, 0.15) is 18.9 Å². The van der Waals surface area contributed by atoms with E-state index in [1.165, 1.54) is 4.31 Å². The van der Waals surface area contributed by atoms with Crippen molar-refractivity contribution in [3.8, 4) is 5.75 Å². The van der Waals surface area contributed by atoms with Crippen molar-refractivity contribution in [3.05, 3.63) is 28.8 Å². The van der Waals surface area contributed by atoms with Gasteiger partial charge in [0.25, 0.3) is 0 Å². The van der Waals surface area contributed by atoms with Crippen LogP contribution < -0.4 is 15.4 Å². The number of nitrogens with one attached hydrogen (secondary N) is 2. The summed E-state index contributed by atoms with van der Waals surface area (Å²) in [7, 11) is 1.79. The van der Waals surface area contributed by atoms with Crippen LogP contribution in [0.15, 0.2) is 23.2 Å². The Morgan fingerprint density at radius 2 is 2.00 bits per heavy atom. The van der Waals surface area contributed by atoms with Crippen molar-refractivity contribution in [2.75, 3.05) is 46.6 Å². The zero-order chi connectivity index (χ0) is 19.6. The van der Waals surface area contributed by atoms with Gasteiger partial charge in [-0.3, -0.25) is 4.99 Å². The van der Waals surface area contributed by atoms with E-state index in [0.717, 1.165) is 17.7 Å². The highest BCUT2D eigenvalue weighted by Gasteiger charge is 2.13. The van der Waals surface area contributed by atoms with Crippen LogP contribution in [-0.2, 0) is 16.4 Å². The van der Waals surface area contributed by atoms with E-state index in [-0.39, 0.29) is 5.75 Å². The SMILES string of the molecule is CCS(=O)(=O)N(C)CCCNC(=NC)NCCc1ccc(OC)cc1Cl. The van der Waals surface area contributed by atoms with Crippen LogP contribution in [0.3, 0.4) is 0 Å². The van der Waals surface area contributed by atoms with Crippen LogP contribution in [-0.4, -0.2) is 65.3 Å². The molecule has 0 spiro atoms. The first-order chi connectivity index (χ1) is 12.3. The minimum absolute atomic E-state index is 0.119. The first kappa shape index (κ1) is 22.5. The molecule has 26 heavy (non-hydrogen) atoms. The number of nitrogens with zero attached hydrogens (tertiary/aromatic N) is 2. The molecule has 0 aliphatic heterocycles. The molecule has 0 unspecified atom stereocenters. The third-order valence-electron chi connectivity index (χ3n) is 3.95. The van der Waals surface area contributed by atoms with Crippen molar-refractivity contribution in [3.63, 3.8) is 0 Å². The number of rotatable bonds is 10. The summed E-state index contributed by atoms with van der Waals surface area (Å²) in [6.07, 6.45) is 1.45. The molecule has 0 amide bonds. The van der Waals surface area contributed by atoms with Crippen LogP contribution in [0, 0.1) is 0 Å². The lowest BCUT2D eigenvalue weighted by Gasteiger charge is -2.17. The summed E-state index contributed by atoms with van der Waals surface area (Å²) in [6, 6.07) is 5.63. The molecule has 2 N–H and O–H groups in total. The van der Waals surface area contributed by atoms with Crippen molar-refractivity contribution >= 4 is 27.6 Å². The average Bonchev–Trinajstić information content (AvgIpc) is 2.64. The first-order valence-electron chi connectivity index (χ1n) is 8.55. The minimum atomic E-state index is -3.12. The van der Waals surface area contributed by atoms with Gasteiger partial charge in [-0.1, -0.05) is 17.7 Å². The lowest BCUT2D eigenvalue weighted by molar-refractivity contribution is 0.414. The molecule has 7 nitrogen and oxygen atoms in total. The maximum Gasteiger partial charge on any atom is 0.213 e. The molecule has 0 radical (unpaired) electrons. The monoisotopic (exact) mass is 404 g/mol. The summed E-state index contributed by atoms with van der Waals surface area (Å²) >= 11 is 6.23. The summed E-state index contributed by atoms with van der Waals surface area (Å²) in [5, 5.41) is 7.07. The van der Waals surface area contributed by atoms with Gasteiger partial charge in [0.1, 0.15) is 5.75 Å². The second-order valence-electron chi connectivity index (χ2n) is 5.71. The molecule has 9 heteroatoms. The predicted molar refractivity (Wildman–Crippen MR) is 108 cm³/mol. The number of halogens is 1. The van der Waals surface area contributed by atoms with Crippen molar-refractivity contribution in [1.82, 2.24) is 14.9 Å². The average molecular weight is 405 g/mol. The zero-order valence-corrected chi connectivity index (χ0v) is 17.5. The molecular formula is C17H29ClN4O3S. The van der Waals surface area contributed by atoms with Gasteiger partial charge in [-0.15, -0.1) is 0 Å². The van der Waals surface area contributed by atoms with Crippen molar-refractivity contribution in [1.29, 1.82) is 0 Å². The maximum atomic E-state index is 11.7. The van der Waals surface area contributed by atoms with Crippen LogP contribution >= 0.6 is 11.6 Å². The number of sulfonamides is 1. The first-order valence-corrected chi connectivity index (χ1v) is 10.5. The van der Waals surface area contributed by atoms with Crippen LogP contribution in [0.2, 0.25) is 5.02 Å². The molecule has 1 rings (SSSR count). The van der Waals surface area contributed by atoms with Gasteiger partial charge in [-0.2, -0.15) is 0 Å². The fraction of sp³-hybridized carbons (Fsp3) is 0.588. The number of aliphatic imine (C=N–C) groups is 1. The highest BCUT2D eigenvalue weighted by Crippen LogP contribution is 2.22. The number of ether oxygens (including phenoxy) is 1. The lowest BCUT2D eigenvalue weighted by Crippen LogP contribution is -2.40. The molecule has 0 fully saturated rings. The number of guanidine groups is 1. The third kappa shape index (κ3) is 7.39. The zero-order valence-electron chi connectivity index (χ0n) is 15.9. The Labute approximate surface area is 161 Å². The molecule has 0 atom stereocenters.